The molecular weight excluding hydrogens is 218 g/mol. The zero-order valence-corrected chi connectivity index (χ0v) is 11.8. The number of carboxylic acid groups (broad SMARTS) is 1. The minimum absolute atomic E-state index is 0.0127. The van der Waals surface area contributed by atoms with E-state index in [1.807, 2.05) is 0 Å². The normalized spacial score (nSPS) is 12.5. The van der Waals surface area contributed by atoms with E-state index in [1.54, 1.807) is 0 Å². The predicted octanol–water partition coefficient (Wildman–Crippen LogP) is 3.08. The van der Waals surface area contributed by atoms with E-state index >= 15 is 0 Å². The molecule has 0 aromatic rings. The van der Waals surface area contributed by atoms with Gasteiger partial charge < -0.3 is 10.4 Å². The number of unbranched alkanes of at least 4 members (excludes halogenated alkanes) is 1. The molecule has 0 spiro atoms. The molecule has 3 nitrogen and oxygen atoms in total. The number of hydrogen-bond donors (Lipinski definition) is 2. The number of rotatable bonds is 5. The van der Waals surface area contributed by atoms with E-state index in [4.69, 9.17) is 5.11 Å². The van der Waals surface area contributed by atoms with Gasteiger partial charge in [0.2, 0.25) is 0 Å². The van der Waals surface area contributed by atoms with Gasteiger partial charge in [-0.15, -0.1) is 11.5 Å². The van der Waals surface area contributed by atoms with Crippen LogP contribution in [0.15, 0.2) is 0 Å². The highest BCUT2D eigenvalue weighted by Crippen LogP contribution is 2.05. The molecule has 0 aliphatic heterocycles. The summed E-state index contributed by atoms with van der Waals surface area (Å²) in [5.41, 5.74) is 3.26. The average Bonchev–Trinajstić information content (AvgIpc) is 2.11. The number of nitrogens with one attached hydrogen (secondary N) is 1. The van der Waals surface area contributed by atoms with Crippen molar-refractivity contribution in [2.24, 2.45) is 0 Å². The second-order valence-corrected chi connectivity index (χ2v) is 9.79. The lowest BCUT2D eigenvalue weighted by Gasteiger charge is -2.13. The van der Waals surface area contributed by atoms with Crippen LogP contribution in [0.25, 0.3) is 0 Å². The standard InChI is InChI=1S/C12H23NO2Si/c1-5-6-8-11(13-12(14)15)9-7-10-16(2,3)4/h11,13H,5-6,8-9H2,1-4H3,(H,14,15)/t11-/m0/s1. The molecule has 0 rings (SSSR count). The Morgan fingerprint density at radius 3 is 2.50 bits per heavy atom. The Balaban J connectivity index is 4.18. The highest BCUT2D eigenvalue weighted by molar-refractivity contribution is 6.83. The van der Waals surface area contributed by atoms with E-state index in [9.17, 15) is 4.79 Å². The first-order valence-corrected chi connectivity index (χ1v) is 9.34. The molecule has 4 heteroatoms. The Labute approximate surface area is 99.6 Å². The van der Waals surface area contributed by atoms with Crippen LogP contribution in [0, 0.1) is 11.5 Å². The highest BCUT2D eigenvalue weighted by Gasteiger charge is 2.11. The summed E-state index contributed by atoms with van der Waals surface area (Å²) in [6.07, 6.45) is 2.69. The first-order chi connectivity index (χ1) is 7.35. The van der Waals surface area contributed by atoms with Crippen molar-refractivity contribution >= 4 is 14.2 Å². The molecule has 1 atom stereocenters. The molecule has 1 amide bonds. The van der Waals surface area contributed by atoms with Gasteiger partial charge in [-0.05, 0) is 6.42 Å². The van der Waals surface area contributed by atoms with E-state index < -0.39 is 14.2 Å². The van der Waals surface area contributed by atoms with E-state index in [2.05, 4.69) is 43.3 Å². The summed E-state index contributed by atoms with van der Waals surface area (Å²) in [5.74, 6) is 3.13. The van der Waals surface area contributed by atoms with Gasteiger partial charge in [0.05, 0.1) is 0 Å². The second-order valence-electron chi connectivity index (χ2n) is 5.04. The summed E-state index contributed by atoms with van der Waals surface area (Å²) >= 11 is 0. The zero-order chi connectivity index (χ0) is 12.6. The fourth-order valence-corrected chi connectivity index (χ4v) is 1.92. The van der Waals surface area contributed by atoms with Crippen molar-refractivity contribution in [2.45, 2.75) is 58.3 Å². The molecule has 0 heterocycles. The average molecular weight is 241 g/mol. The van der Waals surface area contributed by atoms with Gasteiger partial charge in [-0.3, -0.25) is 0 Å². The van der Waals surface area contributed by atoms with Crippen LogP contribution in [0.3, 0.4) is 0 Å². The Morgan fingerprint density at radius 2 is 2.06 bits per heavy atom. The lowest BCUT2D eigenvalue weighted by Crippen LogP contribution is -2.33. The Bertz CT molecular complexity index is 273. The molecule has 0 aliphatic carbocycles. The van der Waals surface area contributed by atoms with Gasteiger partial charge in [-0.1, -0.05) is 39.4 Å². The van der Waals surface area contributed by atoms with Crippen molar-refractivity contribution in [3.05, 3.63) is 0 Å². The largest absolute Gasteiger partial charge is 0.465 e. The second kappa shape index (κ2) is 7.34. The van der Waals surface area contributed by atoms with E-state index in [0.717, 1.165) is 19.3 Å². The SMILES string of the molecule is CCCC[C@@H](CC#C[Si](C)(C)C)NC(=O)O. The Hall–Kier alpha value is -0.953. The molecule has 16 heavy (non-hydrogen) atoms. The molecule has 0 aromatic heterocycles. The minimum Gasteiger partial charge on any atom is -0.465 e. The third-order valence-electron chi connectivity index (χ3n) is 2.05. The van der Waals surface area contributed by atoms with Gasteiger partial charge in [0.1, 0.15) is 8.07 Å². The van der Waals surface area contributed by atoms with Crippen LogP contribution < -0.4 is 5.32 Å². The summed E-state index contributed by atoms with van der Waals surface area (Å²) in [6, 6.07) is -0.0127. The van der Waals surface area contributed by atoms with Crippen molar-refractivity contribution in [1.29, 1.82) is 0 Å². The number of hydrogen-bond acceptors (Lipinski definition) is 1. The van der Waals surface area contributed by atoms with Crippen LogP contribution in [0.1, 0.15) is 32.6 Å². The van der Waals surface area contributed by atoms with Crippen LogP contribution in [0.4, 0.5) is 4.79 Å². The van der Waals surface area contributed by atoms with Gasteiger partial charge in [-0.25, -0.2) is 4.79 Å². The van der Waals surface area contributed by atoms with Crippen LogP contribution in [-0.2, 0) is 0 Å². The predicted molar refractivity (Wildman–Crippen MR) is 70.2 cm³/mol. The molecule has 2 N–H and O–H groups in total. The minimum atomic E-state index is -1.33. The smallest absolute Gasteiger partial charge is 0.404 e. The van der Waals surface area contributed by atoms with Crippen LogP contribution in [0.2, 0.25) is 19.6 Å². The summed E-state index contributed by atoms with van der Waals surface area (Å²) in [5, 5.41) is 11.2. The maximum Gasteiger partial charge on any atom is 0.404 e. The third kappa shape index (κ3) is 9.60. The van der Waals surface area contributed by atoms with Gasteiger partial charge in [-0.2, -0.15) is 0 Å². The molecule has 0 saturated carbocycles. The van der Waals surface area contributed by atoms with Crippen LogP contribution in [-0.4, -0.2) is 25.3 Å². The van der Waals surface area contributed by atoms with Gasteiger partial charge in [0.15, 0.2) is 0 Å². The lowest BCUT2D eigenvalue weighted by atomic mass is 10.1. The van der Waals surface area contributed by atoms with Crippen molar-refractivity contribution in [3.63, 3.8) is 0 Å². The van der Waals surface area contributed by atoms with Crippen molar-refractivity contribution < 1.29 is 9.90 Å². The summed E-state index contributed by atoms with van der Waals surface area (Å²) in [6.45, 7) is 8.66. The van der Waals surface area contributed by atoms with Crippen molar-refractivity contribution in [2.75, 3.05) is 0 Å². The van der Waals surface area contributed by atoms with Crippen LogP contribution >= 0.6 is 0 Å². The first kappa shape index (κ1) is 15.0. The monoisotopic (exact) mass is 241 g/mol. The molecule has 92 valence electrons. The van der Waals surface area contributed by atoms with Gasteiger partial charge in [0, 0.05) is 12.5 Å². The maximum absolute atomic E-state index is 10.6. The lowest BCUT2D eigenvalue weighted by molar-refractivity contribution is 0.189. The molecule has 0 aromatic carbocycles. The van der Waals surface area contributed by atoms with Crippen LogP contribution in [0.5, 0.6) is 0 Å². The van der Waals surface area contributed by atoms with Gasteiger partial charge in [0.25, 0.3) is 0 Å². The molecule has 0 fully saturated rings. The maximum atomic E-state index is 10.6. The number of carbonyl (C=O) groups is 1. The topological polar surface area (TPSA) is 49.3 Å². The quantitative estimate of drug-likeness (QED) is 0.574. The van der Waals surface area contributed by atoms with Gasteiger partial charge >= 0.3 is 6.09 Å². The summed E-state index contributed by atoms with van der Waals surface area (Å²) < 4.78 is 0. The Morgan fingerprint density at radius 1 is 1.44 bits per heavy atom. The number of amides is 1. The molecule has 0 bridgehead atoms. The van der Waals surface area contributed by atoms with Crippen molar-refractivity contribution in [1.82, 2.24) is 5.32 Å². The van der Waals surface area contributed by atoms with E-state index in [-0.39, 0.29) is 6.04 Å². The third-order valence-corrected chi connectivity index (χ3v) is 2.97. The van der Waals surface area contributed by atoms with E-state index in [1.165, 1.54) is 0 Å². The Kier molecular flexibility index (Phi) is 6.90. The fraction of sp³-hybridized carbons (Fsp3) is 0.750. The zero-order valence-electron chi connectivity index (χ0n) is 10.8. The summed E-state index contributed by atoms with van der Waals surface area (Å²) in [7, 11) is -1.33. The molecule has 0 unspecified atom stereocenters. The fourth-order valence-electron chi connectivity index (χ4n) is 1.29. The highest BCUT2D eigenvalue weighted by atomic mass is 28.3. The molecule has 0 radical (unpaired) electrons. The molecule has 0 saturated heterocycles. The molecular formula is C12H23NO2Si. The van der Waals surface area contributed by atoms with Crippen molar-refractivity contribution in [3.8, 4) is 11.5 Å². The summed E-state index contributed by atoms with van der Waals surface area (Å²) in [4.78, 5) is 10.6. The first-order valence-electron chi connectivity index (χ1n) is 5.84. The van der Waals surface area contributed by atoms with E-state index in [0.29, 0.717) is 6.42 Å². The molecule has 0 aliphatic rings.